The number of benzene rings is 1. The molecule has 1 N–H and O–H groups in total. The molecule has 1 saturated heterocycles. The highest BCUT2D eigenvalue weighted by Crippen LogP contribution is 2.29. The number of amides is 1. The van der Waals surface area contributed by atoms with Gasteiger partial charge in [-0.25, -0.2) is 0 Å². The number of nitrogens with one attached hydrogen (secondary N) is 1. The van der Waals surface area contributed by atoms with E-state index in [0.29, 0.717) is 25.1 Å². The van der Waals surface area contributed by atoms with Crippen molar-refractivity contribution in [3.8, 4) is 0 Å². The number of piperidine rings is 1. The maximum absolute atomic E-state index is 12.9. The molecule has 9 heteroatoms. The standard InChI is InChI=1S/C22H27F3N4O2/c1-15(30)19-12-20(27-26-19)21(31)28(2)13-17-6-4-9-29(14-17)10-8-16-5-3-7-18(11-16)22(23,24)25/h3,5,7,11-12,17H,4,6,8-10,13-14H2,1-2H3,(H,26,27)/t17-/m1/s1. The molecule has 2 aromatic rings. The number of carbonyl (C=O) groups excluding carboxylic acids is 2. The normalized spacial score (nSPS) is 17.5. The van der Waals surface area contributed by atoms with E-state index in [1.807, 2.05) is 0 Å². The number of aromatic amines is 1. The first-order valence-corrected chi connectivity index (χ1v) is 10.3. The van der Waals surface area contributed by atoms with E-state index in [9.17, 15) is 22.8 Å². The number of hydrogen-bond donors (Lipinski definition) is 1. The molecule has 168 valence electrons. The van der Waals surface area contributed by atoms with Crippen LogP contribution in [-0.4, -0.2) is 64.9 Å². The molecule has 1 fully saturated rings. The molecule has 6 nitrogen and oxygen atoms in total. The Balaban J connectivity index is 1.52. The zero-order valence-corrected chi connectivity index (χ0v) is 17.7. The SMILES string of the molecule is CC(=O)c1cc(C(=O)N(C)C[C@H]2CCCN(CCc3cccc(C(F)(F)F)c3)C2)[nH]n1. The Bertz CT molecular complexity index is 925. The third-order valence-corrected chi connectivity index (χ3v) is 5.62. The molecule has 0 bridgehead atoms. The Labute approximate surface area is 179 Å². The maximum Gasteiger partial charge on any atom is 0.416 e. The molecule has 31 heavy (non-hydrogen) atoms. The van der Waals surface area contributed by atoms with Gasteiger partial charge in [-0.2, -0.15) is 18.3 Å². The quantitative estimate of drug-likeness (QED) is 0.673. The number of H-pyrrole nitrogens is 1. The fourth-order valence-corrected chi connectivity index (χ4v) is 3.98. The van der Waals surface area contributed by atoms with Crippen molar-refractivity contribution in [1.29, 1.82) is 0 Å². The first-order chi connectivity index (χ1) is 14.6. The molecular weight excluding hydrogens is 409 g/mol. The minimum atomic E-state index is -4.33. The lowest BCUT2D eigenvalue weighted by Gasteiger charge is -2.34. The smallest absolute Gasteiger partial charge is 0.340 e. The van der Waals surface area contributed by atoms with Crippen molar-refractivity contribution in [1.82, 2.24) is 20.0 Å². The van der Waals surface area contributed by atoms with Gasteiger partial charge in [0.25, 0.3) is 5.91 Å². The van der Waals surface area contributed by atoms with E-state index in [0.717, 1.165) is 32.0 Å². The number of likely N-dealkylation sites (tertiary alicyclic amines) is 1. The summed E-state index contributed by atoms with van der Waals surface area (Å²) in [6.07, 6.45) is -1.82. The average Bonchev–Trinajstić information content (AvgIpc) is 3.22. The second kappa shape index (κ2) is 9.64. The minimum Gasteiger partial charge on any atom is -0.340 e. The number of alkyl halides is 3. The number of halogens is 3. The van der Waals surface area contributed by atoms with Crippen molar-refractivity contribution in [3.63, 3.8) is 0 Å². The number of hydrogen-bond acceptors (Lipinski definition) is 4. The monoisotopic (exact) mass is 436 g/mol. The molecular formula is C22H27F3N4O2. The van der Waals surface area contributed by atoms with Crippen molar-refractivity contribution < 1.29 is 22.8 Å². The largest absolute Gasteiger partial charge is 0.416 e. The third-order valence-electron chi connectivity index (χ3n) is 5.62. The molecule has 0 unspecified atom stereocenters. The lowest BCUT2D eigenvalue weighted by molar-refractivity contribution is -0.137. The highest BCUT2D eigenvalue weighted by Gasteiger charge is 2.30. The summed E-state index contributed by atoms with van der Waals surface area (Å²) in [5, 5.41) is 6.47. The summed E-state index contributed by atoms with van der Waals surface area (Å²) in [5.41, 5.74) is 0.568. The van der Waals surface area contributed by atoms with Gasteiger partial charge in [0.2, 0.25) is 0 Å². The van der Waals surface area contributed by atoms with Gasteiger partial charge in [0.05, 0.1) is 5.56 Å². The van der Waals surface area contributed by atoms with Crippen molar-refractivity contribution in [3.05, 3.63) is 52.8 Å². The van der Waals surface area contributed by atoms with E-state index in [1.165, 1.54) is 25.1 Å². The first kappa shape index (κ1) is 23.0. The zero-order chi connectivity index (χ0) is 22.6. The number of ketones is 1. The van der Waals surface area contributed by atoms with Crippen molar-refractivity contribution in [2.75, 3.05) is 33.2 Å². The molecule has 3 rings (SSSR count). The van der Waals surface area contributed by atoms with Gasteiger partial charge in [0, 0.05) is 33.6 Å². The summed E-state index contributed by atoms with van der Waals surface area (Å²) in [4.78, 5) is 27.8. The summed E-state index contributed by atoms with van der Waals surface area (Å²) in [6.45, 7) is 4.32. The predicted octanol–water partition coefficient (Wildman–Crippen LogP) is 3.66. The van der Waals surface area contributed by atoms with E-state index in [2.05, 4.69) is 15.1 Å². The second-order valence-electron chi connectivity index (χ2n) is 8.17. The molecule has 0 radical (unpaired) electrons. The van der Waals surface area contributed by atoms with E-state index in [4.69, 9.17) is 0 Å². The summed E-state index contributed by atoms with van der Waals surface area (Å²) >= 11 is 0. The second-order valence-corrected chi connectivity index (χ2v) is 8.17. The molecule has 1 amide bonds. The Hall–Kier alpha value is -2.68. The van der Waals surface area contributed by atoms with Gasteiger partial charge in [-0.15, -0.1) is 0 Å². The highest BCUT2D eigenvalue weighted by atomic mass is 19.4. The summed E-state index contributed by atoms with van der Waals surface area (Å²) in [7, 11) is 1.72. The van der Waals surface area contributed by atoms with Gasteiger partial charge in [-0.3, -0.25) is 14.7 Å². The Morgan fingerprint density at radius 3 is 2.74 bits per heavy atom. The first-order valence-electron chi connectivity index (χ1n) is 10.3. The Morgan fingerprint density at radius 2 is 2.06 bits per heavy atom. The van der Waals surface area contributed by atoms with E-state index in [-0.39, 0.29) is 29.0 Å². The maximum atomic E-state index is 12.9. The van der Waals surface area contributed by atoms with Crippen LogP contribution in [0.2, 0.25) is 0 Å². The van der Waals surface area contributed by atoms with Crippen LogP contribution in [0.1, 0.15) is 51.9 Å². The molecule has 1 atom stereocenters. The lowest BCUT2D eigenvalue weighted by atomic mass is 9.96. The van der Waals surface area contributed by atoms with Gasteiger partial charge in [0.15, 0.2) is 5.78 Å². The summed E-state index contributed by atoms with van der Waals surface area (Å²) in [5.74, 6) is -0.151. The fraction of sp³-hybridized carbons (Fsp3) is 0.500. The van der Waals surface area contributed by atoms with Crippen LogP contribution in [0.15, 0.2) is 30.3 Å². The van der Waals surface area contributed by atoms with Gasteiger partial charge < -0.3 is 9.80 Å². The van der Waals surface area contributed by atoms with Crippen LogP contribution in [-0.2, 0) is 12.6 Å². The Kier molecular flexibility index (Phi) is 7.15. The number of nitrogens with zero attached hydrogens (tertiary/aromatic N) is 3. The van der Waals surface area contributed by atoms with Gasteiger partial charge >= 0.3 is 6.18 Å². The van der Waals surface area contributed by atoms with Gasteiger partial charge in [0.1, 0.15) is 11.4 Å². The van der Waals surface area contributed by atoms with E-state index in [1.54, 1.807) is 18.0 Å². The average molecular weight is 436 g/mol. The van der Waals surface area contributed by atoms with Crippen LogP contribution in [0.3, 0.4) is 0 Å². The lowest BCUT2D eigenvalue weighted by Crippen LogP contribution is -2.42. The van der Waals surface area contributed by atoms with Crippen LogP contribution in [0.5, 0.6) is 0 Å². The minimum absolute atomic E-state index is 0.207. The predicted molar refractivity (Wildman–Crippen MR) is 110 cm³/mol. The molecule has 1 aliphatic heterocycles. The number of Topliss-reactive ketones (excluding diaryl/α,β-unsaturated/α-hetero) is 1. The van der Waals surface area contributed by atoms with Crippen molar-refractivity contribution in [2.24, 2.45) is 5.92 Å². The third kappa shape index (κ3) is 6.16. The summed E-state index contributed by atoms with van der Waals surface area (Å²) in [6, 6.07) is 6.94. The van der Waals surface area contributed by atoms with Gasteiger partial charge in [-0.1, -0.05) is 18.2 Å². The molecule has 2 heterocycles. The van der Waals surface area contributed by atoms with Crippen LogP contribution in [0.25, 0.3) is 0 Å². The van der Waals surface area contributed by atoms with Crippen LogP contribution in [0.4, 0.5) is 13.2 Å². The molecule has 1 aromatic heterocycles. The van der Waals surface area contributed by atoms with Crippen LogP contribution in [0, 0.1) is 5.92 Å². The zero-order valence-electron chi connectivity index (χ0n) is 17.7. The highest BCUT2D eigenvalue weighted by molar-refractivity contribution is 5.97. The fourth-order valence-electron chi connectivity index (χ4n) is 3.98. The Morgan fingerprint density at radius 1 is 1.29 bits per heavy atom. The molecule has 0 saturated carbocycles. The molecule has 1 aromatic carbocycles. The van der Waals surface area contributed by atoms with Crippen molar-refractivity contribution in [2.45, 2.75) is 32.4 Å². The van der Waals surface area contributed by atoms with E-state index < -0.39 is 11.7 Å². The van der Waals surface area contributed by atoms with Crippen LogP contribution >= 0.6 is 0 Å². The number of carbonyl (C=O) groups is 2. The van der Waals surface area contributed by atoms with Crippen LogP contribution < -0.4 is 0 Å². The molecule has 0 aliphatic carbocycles. The molecule has 1 aliphatic rings. The van der Waals surface area contributed by atoms with Crippen molar-refractivity contribution >= 4 is 11.7 Å². The topological polar surface area (TPSA) is 69.3 Å². The number of aromatic nitrogens is 2. The molecule has 0 spiro atoms. The van der Waals surface area contributed by atoms with Gasteiger partial charge in [-0.05, 0) is 49.4 Å². The van der Waals surface area contributed by atoms with E-state index >= 15 is 0 Å². The number of rotatable bonds is 7. The summed E-state index contributed by atoms with van der Waals surface area (Å²) < 4.78 is 38.7.